The van der Waals surface area contributed by atoms with Crippen LogP contribution in [0.1, 0.15) is 23.9 Å². The van der Waals surface area contributed by atoms with Crippen molar-refractivity contribution in [2.45, 2.75) is 27.2 Å². The summed E-state index contributed by atoms with van der Waals surface area (Å²) in [6, 6.07) is 1.99. The van der Waals surface area contributed by atoms with E-state index in [9.17, 15) is 4.79 Å². The summed E-state index contributed by atoms with van der Waals surface area (Å²) in [4.78, 5) is 29.2. The average Bonchev–Trinajstić information content (AvgIpc) is 2.88. The molecule has 0 unspecified atom stereocenters. The lowest BCUT2D eigenvalue weighted by Crippen LogP contribution is -2.46. The monoisotopic (exact) mass is 506 g/mol. The van der Waals surface area contributed by atoms with Crippen molar-refractivity contribution in [3.8, 4) is 11.5 Å². The number of halogens is 2. The number of carbonyl (C=O) groups is 1. The Morgan fingerprint density at radius 3 is 2.30 bits per heavy atom. The van der Waals surface area contributed by atoms with Crippen molar-refractivity contribution in [2.75, 3.05) is 24.0 Å². The summed E-state index contributed by atoms with van der Waals surface area (Å²) >= 11 is 0. The highest BCUT2D eigenvalue weighted by atomic mass is 19.1. The largest absolute Gasteiger partial charge is 0.493 e. The molecule has 0 bridgehead atoms. The number of fused-ring (bicyclic) bond motifs is 1. The number of allylic oxidation sites excluding steroid dienone is 1. The van der Waals surface area contributed by atoms with Crippen molar-refractivity contribution in [1.29, 1.82) is 5.41 Å². The quantitative estimate of drug-likeness (QED) is 0.371. The van der Waals surface area contributed by atoms with Crippen LogP contribution >= 0.6 is 0 Å². The highest BCUT2D eigenvalue weighted by molar-refractivity contribution is 6.45. The highest BCUT2D eigenvalue weighted by Gasteiger charge is 2.38. The smallest absolute Gasteiger partial charge is 0.335 e. The number of methoxy groups -OCH3 is 2. The number of amides is 2. The third-order valence-electron chi connectivity index (χ3n) is 5.86. The number of urea groups is 1. The summed E-state index contributed by atoms with van der Waals surface area (Å²) in [7, 11) is 3.15. The van der Waals surface area contributed by atoms with Gasteiger partial charge in [0.2, 0.25) is 0 Å². The zero-order valence-corrected chi connectivity index (χ0v) is 21.1. The van der Waals surface area contributed by atoms with E-state index in [1.807, 2.05) is 12.8 Å². The molecule has 1 aliphatic heterocycles. The lowest BCUT2D eigenvalue weighted by molar-refractivity contribution is 0.251. The van der Waals surface area contributed by atoms with E-state index in [0.29, 0.717) is 41.2 Å². The fourth-order valence-corrected chi connectivity index (χ4v) is 4.07. The van der Waals surface area contributed by atoms with E-state index >= 15 is 8.78 Å². The highest BCUT2D eigenvalue weighted by Crippen LogP contribution is 2.42. The van der Waals surface area contributed by atoms with Gasteiger partial charge in [0, 0.05) is 29.1 Å². The first-order valence-electron chi connectivity index (χ1n) is 11.5. The summed E-state index contributed by atoms with van der Waals surface area (Å²) in [5, 5.41) is 8.15. The van der Waals surface area contributed by atoms with Gasteiger partial charge in [0.15, 0.2) is 29.0 Å². The maximum atomic E-state index is 15.4. The predicted molar refractivity (Wildman–Crippen MR) is 139 cm³/mol. The Kier molecular flexibility index (Phi) is 7.19. The van der Waals surface area contributed by atoms with Crippen molar-refractivity contribution in [3.63, 3.8) is 0 Å². The number of rotatable bonds is 7. The molecule has 4 rings (SSSR count). The second-order valence-corrected chi connectivity index (χ2v) is 8.33. The van der Waals surface area contributed by atoms with Crippen molar-refractivity contribution >= 4 is 41.8 Å². The Balaban J connectivity index is 1.95. The molecule has 0 aliphatic carbocycles. The number of benzene rings is 1. The zero-order valence-electron chi connectivity index (χ0n) is 21.1. The number of nitrogens with one attached hydrogen (secondary N) is 1. The van der Waals surface area contributed by atoms with Gasteiger partial charge in [0.1, 0.15) is 13.0 Å². The third-order valence-corrected chi connectivity index (χ3v) is 5.86. The second kappa shape index (κ2) is 10.3. The number of hydrogen-bond acceptors (Lipinski definition) is 7. The maximum absolute atomic E-state index is 15.4. The van der Waals surface area contributed by atoms with Gasteiger partial charge in [-0.1, -0.05) is 6.82 Å². The summed E-state index contributed by atoms with van der Waals surface area (Å²) in [6.07, 6.45) is 4.42. The van der Waals surface area contributed by atoms with E-state index < -0.39 is 23.4 Å². The van der Waals surface area contributed by atoms with Crippen LogP contribution in [0.2, 0.25) is 6.82 Å². The first-order chi connectivity index (χ1) is 17.7. The number of carbonyl (C=O) groups excluding carboxylic acids is 1. The first kappa shape index (κ1) is 25.7. The Morgan fingerprint density at radius 1 is 1.08 bits per heavy atom. The number of hydrogen-bond donors (Lipinski definition) is 1. The van der Waals surface area contributed by atoms with E-state index in [4.69, 9.17) is 14.9 Å². The molecule has 0 saturated heterocycles. The number of aryl methyl sites for hydroxylation is 1. The minimum atomic E-state index is -1.05. The van der Waals surface area contributed by atoms with Gasteiger partial charge in [-0.3, -0.25) is 14.9 Å². The van der Waals surface area contributed by atoms with Gasteiger partial charge in [0.05, 0.1) is 50.2 Å². The van der Waals surface area contributed by atoms with Crippen LogP contribution in [-0.4, -0.2) is 48.2 Å². The van der Waals surface area contributed by atoms with Crippen LogP contribution in [0.3, 0.4) is 0 Å². The summed E-state index contributed by atoms with van der Waals surface area (Å²) < 4.78 is 40.9. The van der Waals surface area contributed by atoms with Gasteiger partial charge in [-0.2, -0.15) is 0 Å². The molecule has 0 saturated carbocycles. The lowest BCUT2D eigenvalue weighted by Gasteiger charge is -2.36. The summed E-state index contributed by atoms with van der Waals surface area (Å²) in [6.45, 7) is 5.17. The molecular weight excluding hydrogens is 481 g/mol. The summed E-state index contributed by atoms with van der Waals surface area (Å²) in [5.74, 6) is -0.635. The topological polar surface area (TPSA) is 105 Å². The van der Waals surface area contributed by atoms with Crippen LogP contribution < -0.4 is 19.3 Å². The fraction of sp³-hybridized carbons (Fsp3) is 0.240. The molecule has 0 fully saturated rings. The SMILES string of the molecule is CB/C=C(\C(C)=N)c1cc2c(cn1)CN(c1c(F)c(OC)cc(OC)c1F)C(=O)N2c1cnc(C)cn1. The minimum Gasteiger partial charge on any atom is -0.493 e. The molecule has 2 amide bonds. The fourth-order valence-electron chi connectivity index (χ4n) is 4.07. The van der Waals surface area contributed by atoms with Gasteiger partial charge in [-0.15, -0.1) is 5.98 Å². The Bertz CT molecular complexity index is 1390. The first-order valence-corrected chi connectivity index (χ1v) is 11.5. The molecule has 12 heteroatoms. The molecule has 0 radical (unpaired) electrons. The van der Waals surface area contributed by atoms with E-state index in [2.05, 4.69) is 15.0 Å². The molecular formula is C25H25BF2N6O3. The Hall–Kier alpha value is -4.35. The van der Waals surface area contributed by atoms with Crippen molar-refractivity contribution in [1.82, 2.24) is 15.0 Å². The second-order valence-electron chi connectivity index (χ2n) is 8.33. The van der Waals surface area contributed by atoms with E-state index in [1.54, 1.807) is 19.9 Å². The molecule has 0 spiro atoms. The number of nitrogens with zero attached hydrogens (tertiary/aromatic N) is 5. The van der Waals surface area contributed by atoms with Gasteiger partial charge in [0.25, 0.3) is 0 Å². The molecule has 1 aliphatic rings. The number of pyridine rings is 1. The maximum Gasteiger partial charge on any atom is 0.335 e. The van der Waals surface area contributed by atoms with Crippen LogP contribution in [0.15, 0.2) is 36.7 Å². The van der Waals surface area contributed by atoms with E-state index in [-0.39, 0.29) is 23.9 Å². The molecule has 1 aromatic carbocycles. The van der Waals surface area contributed by atoms with Crippen molar-refractivity contribution in [2.24, 2.45) is 0 Å². The lowest BCUT2D eigenvalue weighted by atomic mass is 9.79. The molecule has 2 aromatic heterocycles. The summed E-state index contributed by atoms with van der Waals surface area (Å²) in [5.41, 5.74) is 2.34. The number of anilines is 3. The third kappa shape index (κ3) is 4.62. The van der Waals surface area contributed by atoms with Crippen LogP contribution in [0, 0.1) is 24.0 Å². The Morgan fingerprint density at radius 2 is 1.76 bits per heavy atom. The van der Waals surface area contributed by atoms with Gasteiger partial charge < -0.3 is 14.9 Å². The molecule has 37 heavy (non-hydrogen) atoms. The number of aromatic nitrogens is 3. The Labute approximate surface area is 213 Å². The van der Waals surface area contributed by atoms with Crippen LogP contribution in [0.4, 0.5) is 30.8 Å². The van der Waals surface area contributed by atoms with Crippen LogP contribution in [0.5, 0.6) is 11.5 Å². The molecule has 0 atom stereocenters. The molecule has 3 heterocycles. The van der Waals surface area contributed by atoms with Crippen LogP contribution in [0.25, 0.3) is 5.57 Å². The number of ether oxygens (including phenoxy) is 2. The van der Waals surface area contributed by atoms with Crippen LogP contribution in [-0.2, 0) is 6.54 Å². The molecule has 3 aromatic rings. The standard InChI is InChI=1S/C25H25BF2N6O3/c1-13-9-32-21(11-30-13)34-18-6-17(16(8-26-3)14(2)29)31-10-15(18)12-33(25(34)35)24-22(27)19(36-4)7-20(37-5)23(24)28/h6-11,26,29H,12H2,1-5H3/b16-8+,29-14?. The predicted octanol–water partition coefficient (Wildman–Crippen LogP) is 4.62. The van der Waals surface area contributed by atoms with Gasteiger partial charge >= 0.3 is 6.03 Å². The van der Waals surface area contributed by atoms with Gasteiger partial charge in [-0.05, 0) is 19.9 Å². The normalized spacial score (nSPS) is 13.4. The average molecular weight is 506 g/mol. The minimum absolute atomic E-state index is 0.155. The van der Waals surface area contributed by atoms with Gasteiger partial charge in [-0.25, -0.2) is 23.5 Å². The van der Waals surface area contributed by atoms with E-state index in [0.717, 1.165) is 11.0 Å². The van der Waals surface area contributed by atoms with Crippen molar-refractivity contribution < 1.29 is 23.0 Å². The molecule has 1 N–H and O–H groups in total. The zero-order chi connectivity index (χ0) is 26.9. The molecule has 190 valence electrons. The van der Waals surface area contributed by atoms with E-state index in [1.165, 1.54) is 37.7 Å². The molecule has 9 nitrogen and oxygen atoms in total. The van der Waals surface area contributed by atoms with Crippen molar-refractivity contribution in [3.05, 3.63) is 65.3 Å².